The maximum Gasteiger partial charge on any atom is 0.253 e. The molecule has 0 radical (unpaired) electrons. The topological polar surface area (TPSA) is 69.7 Å². The van der Waals surface area contributed by atoms with E-state index in [2.05, 4.69) is 21.8 Å². The molecule has 1 heterocycles. The second-order valence-corrected chi connectivity index (χ2v) is 9.86. The molecule has 6 nitrogen and oxygen atoms in total. The first-order valence-electron chi connectivity index (χ1n) is 10.5. The van der Waals surface area contributed by atoms with Crippen LogP contribution in [-0.4, -0.2) is 45.4 Å². The number of nitrogens with zero attached hydrogens (tertiary/aromatic N) is 2. The summed E-state index contributed by atoms with van der Waals surface area (Å²) in [5, 5.41) is 0. The Labute approximate surface area is 179 Å². The molecule has 2 aromatic carbocycles. The van der Waals surface area contributed by atoms with Crippen LogP contribution in [0.3, 0.4) is 0 Å². The maximum atomic E-state index is 13.0. The number of benzene rings is 2. The van der Waals surface area contributed by atoms with Crippen molar-refractivity contribution in [3.05, 3.63) is 59.7 Å². The molecule has 1 aliphatic rings. The molecule has 0 aromatic heterocycles. The van der Waals surface area contributed by atoms with Crippen molar-refractivity contribution in [2.75, 3.05) is 25.0 Å². The number of sulfonamides is 1. The summed E-state index contributed by atoms with van der Waals surface area (Å²) in [6, 6.07) is 14.2. The Hall–Kier alpha value is -2.38. The number of carbonyl (C=O) groups excluding carboxylic acids is 1. The smallest absolute Gasteiger partial charge is 0.253 e. The minimum atomic E-state index is -3.65. The zero-order valence-corrected chi connectivity index (χ0v) is 18.8. The van der Waals surface area contributed by atoms with Gasteiger partial charge in [0.15, 0.2) is 0 Å². The van der Waals surface area contributed by atoms with Gasteiger partial charge in [-0.15, -0.1) is 0 Å². The van der Waals surface area contributed by atoms with Gasteiger partial charge in [-0.25, -0.2) is 13.1 Å². The second-order valence-electron chi connectivity index (χ2n) is 8.14. The number of hydrogen-bond acceptors (Lipinski definition) is 4. The van der Waals surface area contributed by atoms with Crippen molar-refractivity contribution in [2.45, 2.75) is 50.6 Å². The van der Waals surface area contributed by atoms with Gasteiger partial charge in [0.05, 0.1) is 4.90 Å². The fourth-order valence-electron chi connectivity index (χ4n) is 3.81. The van der Waals surface area contributed by atoms with Crippen LogP contribution in [0.4, 0.5) is 5.69 Å². The summed E-state index contributed by atoms with van der Waals surface area (Å²) in [7, 11) is -1.90. The van der Waals surface area contributed by atoms with Gasteiger partial charge in [0.1, 0.15) is 0 Å². The lowest BCUT2D eigenvalue weighted by Crippen LogP contribution is -2.32. The Morgan fingerprint density at radius 2 is 1.77 bits per heavy atom. The molecule has 3 rings (SSSR count). The number of piperidine rings is 1. The number of nitrogens with one attached hydrogen (secondary N) is 1. The average molecular weight is 430 g/mol. The molecule has 1 fully saturated rings. The molecule has 0 atom stereocenters. The molecule has 1 amide bonds. The van der Waals surface area contributed by atoms with Crippen molar-refractivity contribution in [3.8, 4) is 0 Å². The molecule has 0 bridgehead atoms. The third-order valence-corrected chi connectivity index (χ3v) is 6.88. The predicted octanol–water partition coefficient (Wildman–Crippen LogP) is 3.64. The number of amides is 1. The van der Waals surface area contributed by atoms with E-state index < -0.39 is 10.0 Å². The third-order valence-electron chi connectivity index (χ3n) is 5.22. The van der Waals surface area contributed by atoms with Gasteiger partial charge in [-0.1, -0.05) is 24.3 Å². The van der Waals surface area contributed by atoms with Crippen molar-refractivity contribution in [3.63, 3.8) is 0 Å². The maximum absolute atomic E-state index is 13.0. The summed E-state index contributed by atoms with van der Waals surface area (Å²) in [4.78, 5) is 17.2. The molecule has 1 N–H and O–H groups in total. The van der Waals surface area contributed by atoms with Crippen LogP contribution in [0.1, 0.15) is 49.0 Å². The van der Waals surface area contributed by atoms with Gasteiger partial charge in [0.2, 0.25) is 10.0 Å². The van der Waals surface area contributed by atoms with E-state index in [1.165, 1.54) is 37.1 Å². The first-order chi connectivity index (χ1) is 14.3. The molecule has 30 heavy (non-hydrogen) atoms. The summed E-state index contributed by atoms with van der Waals surface area (Å²) >= 11 is 0. The Bertz CT molecular complexity index is 983. The lowest BCUT2D eigenvalue weighted by atomic mass is 10.1. The van der Waals surface area contributed by atoms with Crippen LogP contribution < -0.4 is 9.62 Å². The van der Waals surface area contributed by atoms with E-state index >= 15 is 0 Å². The highest BCUT2D eigenvalue weighted by molar-refractivity contribution is 7.89. The molecule has 0 spiro atoms. The second kappa shape index (κ2) is 9.62. The van der Waals surface area contributed by atoms with Crippen LogP contribution in [0.2, 0.25) is 0 Å². The predicted molar refractivity (Wildman–Crippen MR) is 120 cm³/mol. The van der Waals surface area contributed by atoms with Gasteiger partial charge in [-0.05, 0) is 62.9 Å². The molecular weight excluding hydrogens is 398 g/mol. The van der Waals surface area contributed by atoms with Gasteiger partial charge in [-0.2, -0.15) is 0 Å². The van der Waals surface area contributed by atoms with E-state index in [0.29, 0.717) is 12.1 Å². The van der Waals surface area contributed by atoms with Crippen LogP contribution in [-0.2, 0) is 16.6 Å². The molecule has 0 aliphatic carbocycles. The lowest BCUT2D eigenvalue weighted by molar-refractivity contribution is 0.0785. The van der Waals surface area contributed by atoms with Gasteiger partial charge >= 0.3 is 0 Å². The molecule has 1 saturated heterocycles. The normalized spacial score (nSPS) is 14.7. The minimum Gasteiger partial charge on any atom is -0.371 e. The standard InChI is InChI=1S/C23H31N3O3S/c1-18(2)24-30(28,29)21-12-9-11-19(16-21)23(27)25(3)17-20-10-5-6-13-22(20)26-14-7-4-8-15-26/h5-6,9-13,16,18,24H,4,7-8,14-15,17H2,1-3H3. The SMILES string of the molecule is CC(C)NS(=O)(=O)c1cccc(C(=O)N(C)Cc2ccccc2N2CCCCC2)c1. The summed E-state index contributed by atoms with van der Waals surface area (Å²) in [6.45, 7) is 6.07. The number of carbonyl (C=O) groups is 1. The van der Waals surface area contributed by atoms with Crippen LogP contribution in [0, 0.1) is 0 Å². The molecule has 162 valence electrons. The monoisotopic (exact) mass is 429 g/mol. The number of para-hydroxylation sites is 1. The molecule has 0 unspecified atom stereocenters. The molecule has 7 heteroatoms. The number of hydrogen-bond donors (Lipinski definition) is 1. The van der Waals surface area contributed by atoms with E-state index in [1.807, 2.05) is 12.1 Å². The summed E-state index contributed by atoms with van der Waals surface area (Å²) in [6.07, 6.45) is 3.64. The van der Waals surface area contributed by atoms with Gasteiger partial charge in [0.25, 0.3) is 5.91 Å². The fraction of sp³-hybridized carbons (Fsp3) is 0.435. The van der Waals surface area contributed by atoms with Crippen LogP contribution >= 0.6 is 0 Å². The Morgan fingerprint density at radius 3 is 2.47 bits per heavy atom. The Kier molecular flexibility index (Phi) is 7.15. The zero-order valence-electron chi connectivity index (χ0n) is 18.0. The van der Waals surface area contributed by atoms with E-state index in [0.717, 1.165) is 18.7 Å². The Morgan fingerprint density at radius 1 is 1.07 bits per heavy atom. The van der Waals surface area contributed by atoms with Crippen molar-refractivity contribution < 1.29 is 13.2 Å². The van der Waals surface area contributed by atoms with Crippen molar-refractivity contribution >= 4 is 21.6 Å². The first-order valence-corrected chi connectivity index (χ1v) is 12.0. The lowest BCUT2D eigenvalue weighted by Gasteiger charge is -2.31. The highest BCUT2D eigenvalue weighted by Crippen LogP contribution is 2.25. The summed E-state index contributed by atoms with van der Waals surface area (Å²) in [5.41, 5.74) is 2.63. The summed E-state index contributed by atoms with van der Waals surface area (Å²) < 4.78 is 27.5. The van der Waals surface area contributed by atoms with Gasteiger partial charge in [0, 0.05) is 44.0 Å². The van der Waals surface area contributed by atoms with Gasteiger partial charge in [-0.3, -0.25) is 4.79 Å². The number of anilines is 1. The van der Waals surface area contributed by atoms with Crippen molar-refractivity contribution in [2.24, 2.45) is 0 Å². The first kappa shape index (κ1) is 22.3. The highest BCUT2D eigenvalue weighted by atomic mass is 32.2. The summed E-state index contributed by atoms with van der Waals surface area (Å²) in [5.74, 6) is -0.204. The van der Waals surface area contributed by atoms with Crippen molar-refractivity contribution in [1.82, 2.24) is 9.62 Å². The minimum absolute atomic E-state index is 0.101. The zero-order chi connectivity index (χ0) is 21.7. The molecular formula is C23H31N3O3S. The third kappa shape index (κ3) is 5.40. The van der Waals surface area contributed by atoms with E-state index in [1.54, 1.807) is 37.9 Å². The van der Waals surface area contributed by atoms with Gasteiger partial charge < -0.3 is 9.80 Å². The van der Waals surface area contributed by atoms with Crippen molar-refractivity contribution in [1.29, 1.82) is 0 Å². The fourth-order valence-corrected chi connectivity index (χ4v) is 5.11. The molecule has 1 aliphatic heterocycles. The quantitative estimate of drug-likeness (QED) is 0.730. The molecule has 0 saturated carbocycles. The van der Waals surface area contributed by atoms with Crippen LogP contribution in [0.5, 0.6) is 0 Å². The van der Waals surface area contributed by atoms with E-state index in [9.17, 15) is 13.2 Å². The molecule has 2 aromatic rings. The van der Waals surface area contributed by atoms with Crippen LogP contribution in [0.15, 0.2) is 53.4 Å². The van der Waals surface area contributed by atoms with E-state index in [4.69, 9.17) is 0 Å². The number of rotatable bonds is 7. The van der Waals surface area contributed by atoms with E-state index in [-0.39, 0.29) is 16.8 Å². The Balaban J connectivity index is 1.78. The largest absolute Gasteiger partial charge is 0.371 e. The highest BCUT2D eigenvalue weighted by Gasteiger charge is 2.20. The van der Waals surface area contributed by atoms with Crippen LogP contribution in [0.25, 0.3) is 0 Å². The average Bonchev–Trinajstić information content (AvgIpc) is 2.73.